The van der Waals surface area contributed by atoms with Crippen LogP contribution in [0.1, 0.15) is 0 Å². The molecule has 4 nitrogen and oxygen atoms in total. The summed E-state index contributed by atoms with van der Waals surface area (Å²) in [6.45, 7) is 0. The average Bonchev–Trinajstić information content (AvgIpc) is 3.22. The van der Waals surface area contributed by atoms with Gasteiger partial charge in [-0.2, -0.15) is 0 Å². The summed E-state index contributed by atoms with van der Waals surface area (Å²) in [5, 5.41) is 6.30. The van der Waals surface area contributed by atoms with E-state index in [1.807, 2.05) is 53.9 Å². The van der Waals surface area contributed by atoms with Crippen molar-refractivity contribution in [3.05, 3.63) is 78.2 Å². The van der Waals surface area contributed by atoms with E-state index in [1.165, 1.54) is 0 Å². The number of ether oxygens (including phenoxy) is 2. The number of rotatable bonds is 6. The van der Waals surface area contributed by atoms with Crippen LogP contribution in [0.5, 0.6) is 11.5 Å². The van der Waals surface area contributed by atoms with Crippen molar-refractivity contribution in [2.24, 2.45) is 0 Å². The van der Waals surface area contributed by atoms with Crippen LogP contribution in [0.15, 0.2) is 78.2 Å². The summed E-state index contributed by atoms with van der Waals surface area (Å²) in [5.74, 6) is 1.54. The highest BCUT2D eigenvalue weighted by molar-refractivity contribution is 7.14. The molecule has 0 saturated carbocycles. The van der Waals surface area contributed by atoms with E-state index in [1.54, 1.807) is 25.6 Å². The molecule has 4 aromatic rings. The maximum Gasteiger partial charge on any atom is 0.187 e. The van der Waals surface area contributed by atoms with E-state index >= 15 is 0 Å². The van der Waals surface area contributed by atoms with Gasteiger partial charge in [-0.1, -0.05) is 48.5 Å². The van der Waals surface area contributed by atoms with Gasteiger partial charge in [0.2, 0.25) is 0 Å². The van der Waals surface area contributed by atoms with Crippen molar-refractivity contribution >= 4 is 22.2 Å². The van der Waals surface area contributed by atoms with Crippen LogP contribution in [0.25, 0.3) is 22.4 Å². The molecule has 0 atom stereocenters. The van der Waals surface area contributed by atoms with Gasteiger partial charge in [-0.3, -0.25) is 0 Å². The molecule has 1 aromatic heterocycles. The summed E-state index contributed by atoms with van der Waals surface area (Å²) < 4.78 is 10.8. The fourth-order valence-corrected chi connectivity index (χ4v) is 3.77. The monoisotopic (exact) mass is 388 g/mol. The molecule has 0 bridgehead atoms. The van der Waals surface area contributed by atoms with Crippen molar-refractivity contribution in [2.75, 3.05) is 19.5 Å². The summed E-state index contributed by atoms with van der Waals surface area (Å²) in [4.78, 5) is 4.77. The first kappa shape index (κ1) is 18.1. The number of hydrogen-bond acceptors (Lipinski definition) is 5. The van der Waals surface area contributed by atoms with Crippen LogP contribution >= 0.6 is 11.3 Å². The highest BCUT2D eigenvalue weighted by Crippen LogP contribution is 2.37. The topological polar surface area (TPSA) is 43.4 Å². The van der Waals surface area contributed by atoms with Crippen molar-refractivity contribution in [1.29, 1.82) is 0 Å². The molecule has 1 N–H and O–H groups in total. The van der Waals surface area contributed by atoms with Crippen LogP contribution in [0.4, 0.5) is 10.8 Å². The number of nitrogens with one attached hydrogen (secondary N) is 1. The maximum absolute atomic E-state index is 5.49. The highest BCUT2D eigenvalue weighted by atomic mass is 32.1. The van der Waals surface area contributed by atoms with Crippen molar-refractivity contribution in [2.45, 2.75) is 0 Å². The molecule has 0 radical (unpaired) electrons. The van der Waals surface area contributed by atoms with E-state index in [9.17, 15) is 0 Å². The molecule has 0 aliphatic carbocycles. The molecule has 5 heteroatoms. The van der Waals surface area contributed by atoms with Gasteiger partial charge < -0.3 is 14.8 Å². The molecule has 4 rings (SSSR count). The van der Waals surface area contributed by atoms with Crippen molar-refractivity contribution in [1.82, 2.24) is 4.98 Å². The largest absolute Gasteiger partial charge is 0.497 e. The van der Waals surface area contributed by atoms with Crippen LogP contribution in [0, 0.1) is 0 Å². The Morgan fingerprint density at radius 1 is 0.821 bits per heavy atom. The number of nitrogens with zero attached hydrogens (tertiary/aromatic N) is 1. The number of thiazole rings is 1. The molecule has 0 aliphatic rings. The van der Waals surface area contributed by atoms with Gasteiger partial charge in [-0.15, -0.1) is 11.3 Å². The van der Waals surface area contributed by atoms with Gasteiger partial charge in [0.25, 0.3) is 0 Å². The van der Waals surface area contributed by atoms with Crippen LogP contribution in [0.2, 0.25) is 0 Å². The second-order valence-electron chi connectivity index (χ2n) is 6.14. The third-order valence-corrected chi connectivity index (χ3v) is 5.20. The first-order chi connectivity index (χ1) is 13.8. The van der Waals surface area contributed by atoms with Crippen LogP contribution in [-0.2, 0) is 0 Å². The van der Waals surface area contributed by atoms with Crippen LogP contribution in [-0.4, -0.2) is 19.2 Å². The van der Waals surface area contributed by atoms with E-state index in [-0.39, 0.29) is 0 Å². The summed E-state index contributed by atoms with van der Waals surface area (Å²) in [7, 11) is 3.31. The Labute approximate surface area is 168 Å². The molecular formula is C23H20N2O2S. The highest BCUT2D eigenvalue weighted by Gasteiger charge is 2.13. The van der Waals surface area contributed by atoms with Crippen molar-refractivity contribution in [3.63, 3.8) is 0 Å². The normalized spacial score (nSPS) is 10.5. The molecule has 0 spiro atoms. The summed E-state index contributed by atoms with van der Waals surface area (Å²) in [5.41, 5.74) is 5.07. The molecule has 0 unspecified atom stereocenters. The molecule has 0 aliphatic heterocycles. The molecule has 1 heterocycles. The van der Waals surface area contributed by atoms with Gasteiger partial charge in [-0.25, -0.2) is 4.98 Å². The minimum Gasteiger partial charge on any atom is -0.497 e. The quantitative estimate of drug-likeness (QED) is 0.425. The van der Waals surface area contributed by atoms with Crippen LogP contribution in [0.3, 0.4) is 0 Å². The Morgan fingerprint density at radius 3 is 2.39 bits per heavy atom. The first-order valence-electron chi connectivity index (χ1n) is 8.88. The zero-order chi connectivity index (χ0) is 19.3. The third-order valence-electron chi connectivity index (χ3n) is 4.44. The van der Waals surface area contributed by atoms with Gasteiger partial charge in [0.05, 0.1) is 19.9 Å². The molecule has 140 valence electrons. The van der Waals surface area contributed by atoms with Crippen molar-refractivity contribution < 1.29 is 9.47 Å². The Kier molecular flexibility index (Phi) is 5.26. The Balaban J connectivity index is 1.66. The van der Waals surface area contributed by atoms with E-state index in [2.05, 4.69) is 29.6 Å². The number of methoxy groups -OCH3 is 2. The first-order valence-corrected chi connectivity index (χ1v) is 9.76. The fourth-order valence-electron chi connectivity index (χ4n) is 3.05. The summed E-state index contributed by atoms with van der Waals surface area (Å²) >= 11 is 1.56. The van der Waals surface area contributed by atoms with Gasteiger partial charge >= 0.3 is 0 Å². The Hall–Kier alpha value is -3.31. The summed E-state index contributed by atoms with van der Waals surface area (Å²) in [6, 6.07) is 24.3. The SMILES string of the molecule is COc1ccc(OC)c(-c2csc(Nc3ccccc3-c3ccccc3)n2)c1. The average molecular weight is 388 g/mol. The van der Waals surface area contributed by atoms with Gasteiger partial charge in [0, 0.05) is 22.2 Å². The zero-order valence-electron chi connectivity index (χ0n) is 15.7. The number of para-hydroxylation sites is 1. The molecule has 3 aromatic carbocycles. The smallest absolute Gasteiger partial charge is 0.187 e. The number of anilines is 2. The number of hydrogen-bond donors (Lipinski definition) is 1. The van der Waals surface area contributed by atoms with E-state index < -0.39 is 0 Å². The Morgan fingerprint density at radius 2 is 1.61 bits per heavy atom. The minimum absolute atomic E-state index is 0.766. The molecule has 0 fully saturated rings. The zero-order valence-corrected chi connectivity index (χ0v) is 16.5. The van der Waals surface area contributed by atoms with E-state index in [0.717, 1.165) is 44.7 Å². The van der Waals surface area contributed by atoms with Crippen molar-refractivity contribution in [3.8, 4) is 33.9 Å². The van der Waals surface area contributed by atoms with Crippen LogP contribution < -0.4 is 14.8 Å². The maximum atomic E-state index is 5.49. The second-order valence-corrected chi connectivity index (χ2v) is 7.00. The Bertz CT molecular complexity index is 1080. The van der Waals surface area contributed by atoms with E-state index in [4.69, 9.17) is 14.5 Å². The summed E-state index contributed by atoms with van der Waals surface area (Å²) in [6.07, 6.45) is 0. The molecule has 0 amide bonds. The van der Waals surface area contributed by atoms with Gasteiger partial charge in [0.15, 0.2) is 5.13 Å². The molecule has 28 heavy (non-hydrogen) atoms. The number of aromatic nitrogens is 1. The lowest BCUT2D eigenvalue weighted by Gasteiger charge is -2.10. The van der Waals surface area contributed by atoms with E-state index in [0.29, 0.717) is 0 Å². The van der Waals surface area contributed by atoms with Gasteiger partial charge in [-0.05, 0) is 29.8 Å². The molecule has 0 saturated heterocycles. The standard InChI is InChI=1S/C23H20N2O2S/c1-26-17-12-13-22(27-2)19(14-17)21-15-28-23(25-21)24-20-11-7-6-10-18(20)16-8-4-3-5-9-16/h3-15H,1-2H3,(H,24,25). The predicted molar refractivity (Wildman–Crippen MR) is 116 cm³/mol. The fraction of sp³-hybridized carbons (Fsp3) is 0.0870. The minimum atomic E-state index is 0.766. The van der Waals surface area contributed by atoms with Gasteiger partial charge in [0.1, 0.15) is 11.5 Å². The molecular weight excluding hydrogens is 368 g/mol. The lowest BCUT2D eigenvalue weighted by Crippen LogP contribution is -1.94. The third kappa shape index (κ3) is 3.70. The lowest BCUT2D eigenvalue weighted by atomic mass is 10.0. The second kappa shape index (κ2) is 8.15. The lowest BCUT2D eigenvalue weighted by molar-refractivity contribution is 0.404. The number of benzene rings is 3. The predicted octanol–water partition coefficient (Wildman–Crippen LogP) is 6.24.